The molecule has 1 N–H and O–H groups in total. The summed E-state index contributed by atoms with van der Waals surface area (Å²) in [5.41, 5.74) is 4.70. The van der Waals surface area contributed by atoms with Gasteiger partial charge in [0.05, 0.1) is 11.0 Å². The number of anilines is 1. The molecule has 2 aromatic carbocycles. The zero-order valence-corrected chi connectivity index (χ0v) is 14.7. The van der Waals surface area contributed by atoms with Crippen LogP contribution in [0.1, 0.15) is 11.1 Å². The van der Waals surface area contributed by atoms with Crippen LogP contribution in [0.25, 0.3) is 17.1 Å². The van der Waals surface area contributed by atoms with Crippen LogP contribution in [0.2, 0.25) is 0 Å². The summed E-state index contributed by atoms with van der Waals surface area (Å²) >= 11 is 0. The molecule has 4 heteroatoms. The van der Waals surface area contributed by atoms with Gasteiger partial charge < -0.3 is 9.88 Å². The van der Waals surface area contributed by atoms with E-state index in [1.54, 1.807) is 0 Å². The largest absolute Gasteiger partial charge is 0.340 e. The zero-order valence-electron chi connectivity index (χ0n) is 14.7. The van der Waals surface area contributed by atoms with E-state index >= 15 is 0 Å². The Kier molecular flexibility index (Phi) is 4.53. The van der Waals surface area contributed by atoms with Crippen LogP contribution in [-0.4, -0.2) is 47.6 Å². The lowest BCUT2D eigenvalue weighted by atomic mass is 10.2. The molecule has 0 amide bonds. The van der Waals surface area contributed by atoms with Crippen LogP contribution in [0, 0.1) is 6.92 Å². The molecule has 4 rings (SSSR count). The quantitative estimate of drug-likeness (QED) is 0.791. The molecule has 1 aliphatic rings. The average Bonchev–Trinajstić information content (AvgIpc) is 3.06. The molecule has 0 atom stereocenters. The fourth-order valence-corrected chi connectivity index (χ4v) is 3.30. The first-order valence-corrected chi connectivity index (χ1v) is 8.93. The molecule has 128 valence electrons. The molecule has 0 saturated carbocycles. The minimum absolute atomic E-state index is 1.00. The minimum atomic E-state index is 1.00. The summed E-state index contributed by atoms with van der Waals surface area (Å²) in [4.78, 5) is 13.1. The molecule has 1 aliphatic heterocycles. The Balaban J connectivity index is 1.33. The summed E-state index contributed by atoms with van der Waals surface area (Å²) in [6, 6.07) is 16.8. The molecule has 1 fully saturated rings. The molecular weight excluding hydrogens is 308 g/mol. The van der Waals surface area contributed by atoms with E-state index in [0.29, 0.717) is 0 Å². The van der Waals surface area contributed by atoms with Gasteiger partial charge in [-0.3, -0.25) is 4.90 Å². The number of rotatable bonds is 4. The van der Waals surface area contributed by atoms with Gasteiger partial charge in [-0.2, -0.15) is 0 Å². The Hall–Kier alpha value is -2.59. The van der Waals surface area contributed by atoms with Gasteiger partial charge in [-0.15, -0.1) is 0 Å². The van der Waals surface area contributed by atoms with Gasteiger partial charge in [0, 0.05) is 32.7 Å². The molecule has 1 saturated heterocycles. The van der Waals surface area contributed by atoms with Gasteiger partial charge in [-0.25, -0.2) is 4.98 Å². The van der Waals surface area contributed by atoms with Crippen molar-refractivity contribution in [3.63, 3.8) is 0 Å². The first kappa shape index (κ1) is 15.9. The molecule has 1 aromatic heterocycles. The first-order valence-electron chi connectivity index (χ1n) is 8.93. The van der Waals surface area contributed by atoms with Crippen LogP contribution in [0.5, 0.6) is 0 Å². The molecule has 4 nitrogen and oxygen atoms in total. The van der Waals surface area contributed by atoms with Crippen LogP contribution < -0.4 is 4.90 Å². The van der Waals surface area contributed by atoms with Gasteiger partial charge in [-0.1, -0.05) is 48.6 Å². The van der Waals surface area contributed by atoms with Crippen molar-refractivity contribution < 1.29 is 0 Å². The van der Waals surface area contributed by atoms with E-state index < -0.39 is 0 Å². The first-order chi connectivity index (χ1) is 12.3. The molecule has 0 unspecified atom stereocenters. The third-order valence-electron chi connectivity index (χ3n) is 4.77. The van der Waals surface area contributed by atoms with Gasteiger partial charge in [0.2, 0.25) is 5.95 Å². The summed E-state index contributed by atoms with van der Waals surface area (Å²) in [5, 5.41) is 0. The van der Waals surface area contributed by atoms with Crippen molar-refractivity contribution in [3.05, 3.63) is 65.7 Å². The summed E-state index contributed by atoms with van der Waals surface area (Å²) < 4.78 is 0. The van der Waals surface area contributed by atoms with Crippen molar-refractivity contribution in [3.8, 4) is 0 Å². The number of imidazole rings is 1. The summed E-state index contributed by atoms with van der Waals surface area (Å²) in [6.07, 6.45) is 4.46. The average molecular weight is 332 g/mol. The number of H-pyrrole nitrogens is 1. The van der Waals surface area contributed by atoms with E-state index in [1.807, 2.05) is 0 Å². The molecule has 25 heavy (non-hydrogen) atoms. The van der Waals surface area contributed by atoms with E-state index in [-0.39, 0.29) is 0 Å². The predicted octanol–water partition coefficient (Wildman–Crippen LogP) is 3.71. The van der Waals surface area contributed by atoms with Crippen LogP contribution in [0.4, 0.5) is 5.95 Å². The second-order valence-electron chi connectivity index (χ2n) is 6.68. The fourth-order valence-electron chi connectivity index (χ4n) is 3.30. The van der Waals surface area contributed by atoms with Crippen molar-refractivity contribution in [1.29, 1.82) is 0 Å². The summed E-state index contributed by atoms with van der Waals surface area (Å²) in [7, 11) is 0. The zero-order chi connectivity index (χ0) is 17.1. The van der Waals surface area contributed by atoms with Crippen molar-refractivity contribution in [1.82, 2.24) is 14.9 Å². The van der Waals surface area contributed by atoms with Crippen LogP contribution >= 0.6 is 0 Å². The van der Waals surface area contributed by atoms with Crippen LogP contribution in [0.3, 0.4) is 0 Å². The number of nitrogens with zero attached hydrogens (tertiary/aromatic N) is 3. The van der Waals surface area contributed by atoms with Gasteiger partial charge in [0.25, 0.3) is 0 Å². The Bertz CT molecular complexity index is 858. The Labute approximate surface area is 148 Å². The third kappa shape index (κ3) is 3.74. The van der Waals surface area contributed by atoms with Gasteiger partial charge in [0.1, 0.15) is 0 Å². The number of aromatic nitrogens is 2. The molecule has 0 bridgehead atoms. The fraction of sp³-hybridized carbons (Fsp3) is 0.286. The number of piperazine rings is 1. The van der Waals surface area contributed by atoms with Crippen LogP contribution in [0.15, 0.2) is 54.6 Å². The van der Waals surface area contributed by atoms with Crippen LogP contribution in [-0.2, 0) is 0 Å². The maximum atomic E-state index is 4.74. The standard InChI is InChI=1S/C21H24N4/c1-17-9-10-19-20(16-17)23-21(22-19)25-14-12-24(13-15-25)11-5-8-18-6-3-2-4-7-18/h2-10,16H,11-15H2,1H3,(H,22,23)/b8-5+. The second kappa shape index (κ2) is 7.11. The van der Waals surface area contributed by atoms with Gasteiger partial charge in [0.15, 0.2) is 0 Å². The monoisotopic (exact) mass is 332 g/mol. The number of hydrogen-bond donors (Lipinski definition) is 1. The van der Waals surface area contributed by atoms with Gasteiger partial charge >= 0.3 is 0 Å². The van der Waals surface area contributed by atoms with E-state index in [2.05, 4.69) is 82.4 Å². The molecular formula is C21H24N4. The number of benzene rings is 2. The molecule has 2 heterocycles. The van der Waals surface area contributed by atoms with E-state index in [0.717, 1.165) is 49.7 Å². The van der Waals surface area contributed by atoms with Crippen molar-refractivity contribution in [2.75, 3.05) is 37.6 Å². The highest BCUT2D eigenvalue weighted by Gasteiger charge is 2.18. The highest BCUT2D eigenvalue weighted by atomic mass is 15.3. The molecule has 3 aromatic rings. The molecule has 0 radical (unpaired) electrons. The summed E-state index contributed by atoms with van der Waals surface area (Å²) in [5.74, 6) is 1.00. The van der Waals surface area contributed by atoms with Crippen molar-refractivity contribution in [2.24, 2.45) is 0 Å². The Morgan fingerprint density at radius 1 is 1.04 bits per heavy atom. The molecule has 0 aliphatic carbocycles. The maximum Gasteiger partial charge on any atom is 0.203 e. The number of aromatic amines is 1. The Morgan fingerprint density at radius 3 is 2.64 bits per heavy atom. The predicted molar refractivity (Wildman–Crippen MR) is 105 cm³/mol. The third-order valence-corrected chi connectivity index (χ3v) is 4.77. The van der Waals surface area contributed by atoms with E-state index in [4.69, 9.17) is 4.98 Å². The normalized spacial score (nSPS) is 16.1. The highest BCUT2D eigenvalue weighted by molar-refractivity contribution is 5.78. The van der Waals surface area contributed by atoms with Gasteiger partial charge in [-0.05, 0) is 30.2 Å². The lowest BCUT2D eigenvalue weighted by molar-refractivity contribution is 0.283. The smallest absolute Gasteiger partial charge is 0.203 e. The molecule has 0 spiro atoms. The number of nitrogens with one attached hydrogen (secondary N) is 1. The number of fused-ring (bicyclic) bond motifs is 1. The SMILES string of the molecule is Cc1ccc2nc(N3CCN(C/C=C/c4ccccc4)CC3)[nH]c2c1. The van der Waals surface area contributed by atoms with Crippen molar-refractivity contribution in [2.45, 2.75) is 6.92 Å². The minimum Gasteiger partial charge on any atom is -0.340 e. The van der Waals surface area contributed by atoms with E-state index in [1.165, 1.54) is 11.1 Å². The lowest BCUT2D eigenvalue weighted by Crippen LogP contribution is -2.46. The van der Waals surface area contributed by atoms with E-state index in [9.17, 15) is 0 Å². The summed E-state index contributed by atoms with van der Waals surface area (Å²) in [6.45, 7) is 7.27. The number of aryl methyl sites for hydroxylation is 1. The topological polar surface area (TPSA) is 35.2 Å². The Morgan fingerprint density at radius 2 is 1.84 bits per heavy atom. The highest BCUT2D eigenvalue weighted by Crippen LogP contribution is 2.19. The number of hydrogen-bond acceptors (Lipinski definition) is 3. The second-order valence-corrected chi connectivity index (χ2v) is 6.68. The lowest BCUT2D eigenvalue weighted by Gasteiger charge is -2.33. The maximum absolute atomic E-state index is 4.74. The van der Waals surface area contributed by atoms with Crippen molar-refractivity contribution >= 4 is 23.1 Å².